The summed E-state index contributed by atoms with van der Waals surface area (Å²) in [4.78, 5) is 40.1. The molecule has 170 valence electrons. The Kier molecular flexibility index (Phi) is 6.83. The summed E-state index contributed by atoms with van der Waals surface area (Å²) in [6, 6.07) is -2.09. The van der Waals surface area contributed by atoms with Crippen LogP contribution >= 0.6 is 0 Å². The van der Waals surface area contributed by atoms with Crippen LogP contribution in [0.3, 0.4) is 0 Å². The minimum absolute atomic E-state index is 0.00398. The quantitative estimate of drug-likeness (QED) is 0.532. The molecule has 0 radical (unpaired) electrons. The minimum Gasteiger partial charge on any atom is -0.458 e. The Bertz CT molecular complexity index is 893. The van der Waals surface area contributed by atoms with E-state index in [1.807, 2.05) is 0 Å². The van der Waals surface area contributed by atoms with Crippen molar-refractivity contribution in [1.29, 1.82) is 0 Å². The van der Waals surface area contributed by atoms with Crippen LogP contribution in [-0.2, 0) is 30.3 Å². The zero-order valence-corrected chi connectivity index (χ0v) is 17.1. The van der Waals surface area contributed by atoms with Gasteiger partial charge in [-0.2, -0.15) is 13.8 Å². The lowest BCUT2D eigenvalue weighted by Crippen LogP contribution is -2.53. The van der Waals surface area contributed by atoms with Crippen LogP contribution in [0.15, 0.2) is 0 Å². The van der Waals surface area contributed by atoms with Gasteiger partial charge >= 0.3 is 11.9 Å². The number of pyridine rings is 1. The summed E-state index contributed by atoms with van der Waals surface area (Å²) in [6.45, 7) is 2.62. The number of esters is 2. The van der Waals surface area contributed by atoms with Crippen LogP contribution in [-0.4, -0.2) is 47.1 Å². The fourth-order valence-corrected chi connectivity index (χ4v) is 3.42. The van der Waals surface area contributed by atoms with Crippen LogP contribution in [0.4, 0.5) is 13.2 Å². The van der Waals surface area contributed by atoms with Gasteiger partial charge in [0.05, 0.1) is 0 Å². The predicted molar refractivity (Wildman–Crippen MR) is 99.9 cm³/mol. The molecule has 3 N–H and O–H groups in total. The van der Waals surface area contributed by atoms with Gasteiger partial charge in [0.1, 0.15) is 12.1 Å². The molecule has 1 aliphatic carbocycles. The van der Waals surface area contributed by atoms with E-state index in [0.29, 0.717) is 12.8 Å². The summed E-state index contributed by atoms with van der Waals surface area (Å²) in [5, 5.41) is 2.56. The van der Waals surface area contributed by atoms with E-state index in [4.69, 9.17) is 15.2 Å². The molecule has 0 spiro atoms. The van der Waals surface area contributed by atoms with Crippen molar-refractivity contribution in [2.24, 2.45) is 11.7 Å². The molecule has 1 unspecified atom stereocenters. The molecule has 1 amide bonds. The number of carbonyl (C=O) groups is 3. The molecule has 0 aromatic carbocycles. The van der Waals surface area contributed by atoms with E-state index in [0.717, 1.165) is 0 Å². The smallest absolute Gasteiger partial charge is 0.348 e. The second kappa shape index (κ2) is 9.21. The SMILES string of the molecule is Cc1c(F)c(F)nc(F)c1C[C@H]1CCC(=O)OC(C2CC2)C(=O)O[C@H](C)[C@H](N)C(=O)N1. The van der Waals surface area contributed by atoms with Crippen LogP contribution in [0.5, 0.6) is 0 Å². The zero-order valence-electron chi connectivity index (χ0n) is 17.1. The topological polar surface area (TPSA) is 121 Å². The van der Waals surface area contributed by atoms with Crippen molar-refractivity contribution in [2.75, 3.05) is 0 Å². The van der Waals surface area contributed by atoms with E-state index in [9.17, 15) is 27.6 Å². The summed E-state index contributed by atoms with van der Waals surface area (Å²) >= 11 is 0. The first-order chi connectivity index (χ1) is 14.6. The predicted octanol–water partition coefficient (Wildman–Crippen LogP) is 1.21. The molecule has 1 saturated heterocycles. The van der Waals surface area contributed by atoms with Crippen LogP contribution in [0.25, 0.3) is 0 Å². The van der Waals surface area contributed by atoms with Crippen molar-refractivity contribution in [2.45, 2.75) is 70.2 Å². The van der Waals surface area contributed by atoms with Crippen molar-refractivity contribution < 1.29 is 37.0 Å². The molecule has 1 aromatic heterocycles. The molecule has 11 heteroatoms. The summed E-state index contributed by atoms with van der Waals surface area (Å²) in [5.41, 5.74) is 5.38. The largest absolute Gasteiger partial charge is 0.458 e. The number of hydrogen-bond acceptors (Lipinski definition) is 7. The molecular weight excluding hydrogens is 419 g/mol. The average molecular weight is 443 g/mol. The Morgan fingerprint density at radius 2 is 1.77 bits per heavy atom. The monoisotopic (exact) mass is 443 g/mol. The van der Waals surface area contributed by atoms with E-state index >= 15 is 0 Å². The number of nitrogens with zero attached hydrogens (tertiary/aromatic N) is 1. The van der Waals surface area contributed by atoms with Gasteiger partial charge in [-0.15, -0.1) is 0 Å². The molecule has 8 nitrogen and oxygen atoms in total. The molecule has 1 saturated carbocycles. The van der Waals surface area contributed by atoms with Crippen molar-refractivity contribution in [3.05, 3.63) is 28.8 Å². The van der Waals surface area contributed by atoms with Gasteiger partial charge in [-0.3, -0.25) is 9.59 Å². The summed E-state index contributed by atoms with van der Waals surface area (Å²) < 4.78 is 51.9. The molecule has 0 bridgehead atoms. The van der Waals surface area contributed by atoms with E-state index < -0.39 is 59.9 Å². The van der Waals surface area contributed by atoms with Gasteiger partial charge in [-0.1, -0.05) is 0 Å². The Morgan fingerprint density at radius 3 is 2.42 bits per heavy atom. The zero-order chi connectivity index (χ0) is 22.9. The molecule has 4 atom stereocenters. The molecule has 3 rings (SSSR count). The number of hydrogen-bond donors (Lipinski definition) is 2. The Labute approximate surface area is 176 Å². The van der Waals surface area contributed by atoms with Gasteiger partial charge in [0.25, 0.3) is 5.95 Å². The Morgan fingerprint density at radius 1 is 1.10 bits per heavy atom. The highest BCUT2D eigenvalue weighted by atomic mass is 19.2. The number of amides is 1. The number of halogens is 3. The van der Waals surface area contributed by atoms with Crippen molar-refractivity contribution in [3.8, 4) is 0 Å². The van der Waals surface area contributed by atoms with Gasteiger partial charge in [0.2, 0.25) is 18.0 Å². The third-order valence-electron chi connectivity index (χ3n) is 5.55. The second-order valence-corrected chi connectivity index (χ2v) is 7.97. The van der Waals surface area contributed by atoms with Gasteiger partial charge < -0.3 is 20.5 Å². The molecular formula is C20H24F3N3O5. The maximum Gasteiger partial charge on any atom is 0.348 e. The third-order valence-corrected chi connectivity index (χ3v) is 5.55. The minimum atomic E-state index is -1.56. The number of rotatable bonds is 3. The average Bonchev–Trinajstić information content (AvgIpc) is 3.55. The fourth-order valence-electron chi connectivity index (χ4n) is 3.42. The number of nitrogens with one attached hydrogen (secondary N) is 1. The molecule has 2 fully saturated rings. The van der Waals surface area contributed by atoms with Gasteiger partial charge in [-0.25, -0.2) is 9.18 Å². The maximum atomic E-state index is 14.2. The lowest BCUT2D eigenvalue weighted by atomic mass is 9.98. The Balaban J connectivity index is 1.83. The summed E-state index contributed by atoms with van der Waals surface area (Å²) in [7, 11) is 0. The van der Waals surface area contributed by atoms with Crippen molar-refractivity contribution in [3.63, 3.8) is 0 Å². The number of cyclic esters (lactones) is 2. The standard InChI is InChI=1S/C20H24F3N3O5/c1-8-12(17(22)26-18(23)14(8)21)7-11-5-6-13(27)31-16(10-3-4-10)20(29)30-9(2)15(24)19(28)25-11/h9-11,15-16H,3-7,24H2,1-2H3,(H,25,28)/t9-,11-,15+,16?/m1/s1. The number of carbonyl (C=O) groups excluding carboxylic acids is 3. The van der Waals surface area contributed by atoms with E-state index in [1.54, 1.807) is 0 Å². The first-order valence-corrected chi connectivity index (χ1v) is 10.0. The summed E-state index contributed by atoms with van der Waals surface area (Å²) in [5.74, 6) is -6.35. The summed E-state index contributed by atoms with van der Waals surface area (Å²) in [6.07, 6.45) is -1.14. The maximum absolute atomic E-state index is 14.2. The van der Waals surface area contributed by atoms with Gasteiger partial charge in [0, 0.05) is 23.9 Å². The molecule has 1 aliphatic heterocycles. The first-order valence-electron chi connectivity index (χ1n) is 10.0. The van der Waals surface area contributed by atoms with Crippen LogP contribution in [0, 0.1) is 30.6 Å². The van der Waals surface area contributed by atoms with Crippen LogP contribution in [0.1, 0.15) is 43.7 Å². The van der Waals surface area contributed by atoms with Crippen LogP contribution in [0.2, 0.25) is 0 Å². The highest BCUT2D eigenvalue weighted by molar-refractivity contribution is 5.84. The highest BCUT2D eigenvalue weighted by Crippen LogP contribution is 2.35. The van der Waals surface area contributed by atoms with Gasteiger partial charge in [-0.05, 0) is 45.1 Å². The molecule has 2 heterocycles. The normalized spacial score (nSPS) is 28.1. The number of nitrogens with two attached hydrogens (primary N) is 1. The van der Waals surface area contributed by atoms with Crippen LogP contribution < -0.4 is 11.1 Å². The van der Waals surface area contributed by atoms with E-state index in [2.05, 4.69) is 10.3 Å². The molecule has 2 aliphatic rings. The van der Waals surface area contributed by atoms with E-state index in [1.165, 1.54) is 13.8 Å². The lowest BCUT2D eigenvalue weighted by Gasteiger charge is -2.27. The Hall–Kier alpha value is -2.69. The highest BCUT2D eigenvalue weighted by Gasteiger charge is 2.42. The second-order valence-electron chi connectivity index (χ2n) is 7.97. The van der Waals surface area contributed by atoms with Crippen molar-refractivity contribution in [1.82, 2.24) is 10.3 Å². The lowest BCUT2D eigenvalue weighted by molar-refractivity contribution is -0.174. The number of aromatic nitrogens is 1. The third kappa shape index (κ3) is 5.33. The fraction of sp³-hybridized carbons (Fsp3) is 0.600. The van der Waals surface area contributed by atoms with E-state index in [-0.39, 0.29) is 36.3 Å². The number of ether oxygens (including phenoxy) is 2. The molecule has 31 heavy (non-hydrogen) atoms. The molecule has 1 aromatic rings. The van der Waals surface area contributed by atoms with Crippen molar-refractivity contribution >= 4 is 17.8 Å². The van der Waals surface area contributed by atoms with Gasteiger partial charge in [0.15, 0.2) is 5.82 Å². The first kappa shape index (κ1) is 23.0.